The topological polar surface area (TPSA) is 94.0 Å². The lowest BCUT2D eigenvalue weighted by atomic mass is 10.1. The number of aryl methyl sites for hydroxylation is 1. The van der Waals surface area contributed by atoms with Crippen molar-refractivity contribution in [3.63, 3.8) is 0 Å². The minimum atomic E-state index is -0.978. The van der Waals surface area contributed by atoms with Crippen LogP contribution < -0.4 is 5.73 Å². The summed E-state index contributed by atoms with van der Waals surface area (Å²) in [4.78, 5) is 20.1. The quantitative estimate of drug-likeness (QED) is 0.609. The van der Waals surface area contributed by atoms with Gasteiger partial charge in [-0.1, -0.05) is 39.3 Å². The number of fused-ring (bicyclic) bond motifs is 3. The first-order chi connectivity index (χ1) is 12.9. The highest BCUT2D eigenvalue weighted by Crippen LogP contribution is 2.30. The average molecular weight is 366 g/mol. The van der Waals surface area contributed by atoms with Crippen LogP contribution in [0, 0.1) is 5.92 Å². The molecule has 0 aliphatic carbocycles. The molecule has 142 valence electrons. The fraction of sp³-hybridized carbons (Fsp3) is 0.381. The highest BCUT2D eigenvalue weighted by Gasteiger charge is 2.17. The van der Waals surface area contributed by atoms with Crippen molar-refractivity contribution < 1.29 is 9.90 Å². The number of carboxylic acid groups (broad SMARTS) is 1. The van der Waals surface area contributed by atoms with E-state index in [0.717, 1.165) is 65.2 Å². The van der Waals surface area contributed by atoms with Crippen molar-refractivity contribution >= 4 is 39.8 Å². The molecule has 2 heterocycles. The number of carboxylic acids is 1. The first-order valence-electron chi connectivity index (χ1n) is 9.40. The van der Waals surface area contributed by atoms with Gasteiger partial charge in [0.15, 0.2) is 5.82 Å². The monoisotopic (exact) mass is 366 g/mol. The Labute approximate surface area is 158 Å². The number of aromatic nitrogens is 3. The minimum absolute atomic E-state index is 0.414. The maximum absolute atomic E-state index is 10.8. The zero-order chi connectivity index (χ0) is 19.6. The second-order valence-corrected chi connectivity index (χ2v) is 7.28. The number of nitrogen functional groups attached to an aromatic ring is 1. The van der Waals surface area contributed by atoms with Crippen molar-refractivity contribution in [3.8, 4) is 0 Å². The molecule has 3 aromatic rings. The maximum atomic E-state index is 10.8. The van der Waals surface area contributed by atoms with Gasteiger partial charge >= 0.3 is 5.97 Å². The van der Waals surface area contributed by atoms with Crippen LogP contribution in [0.4, 0.5) is 5.82 Å². The molecule has 0 saturated heterocycles. The molecule has 0 radical (unpaired) electrons. The number of hydrogen-bond acceptors (Lipinski definition) is 4. The van der Waals surface area contributed by atoms with Crippen LogP contribution in [-0.2, 0) is 17.8 Å². The number of pyridine rings is 1. The Morgan fingerprint density at radius 1 is 1.33 bits per heavy atom. The van der Waals surface area contributed by atoms with Crippen LogP contribution in [0.15, 0.2) is 24.3 Å². The zero-order valence-corrected chi connectivity index (χ0v) is 16.1. The molecule has 3 N–H and O–H groups in total. The number of benzene rings is 1. The van der Waals surface area contributed by atoms with Gasteiger partial charge in [-0.15, -0.1) is 0 Å². The number of rotatable bonds is 7. The first kappa shape index (κ1) is 18.9. The standard InChI is InChI=1S/C21H26N4O2/c1-4-5-6-17-24-19-20(25(17)12-13(2)3)15-9-7-14(8-10-18(26)27)11-16(15)23-21(19)22/h7-11,13H,4-6,12H2,1-3H3,(H2,22,23)(H,26,27). The highest BCUT2D eigenvalue weighted by atomic mass is 16.4. The number of hydrogen-bond donors (Lipinski definition) is 2. The fourth-order valence-corrected chi connectivity index (χ4v) is 3.33. The molecule has 0 bridgehead atoms. The molecule has 2 aromatic heterocycles. The van der Waals surface area contributed by atoms with Crippen LogP contribution in [-0.4, -0.2) is 25.6 Å². The third kappa shape index (κ3) is 3.94. The third-order valence-electron chi connectivity index (χ3n) is 4.53. The summed E-state index contributed by atoms with van der Waals surface area (Å²) in [6, 6.07) is 5.74. The largest absolute Gasteiger partial charge is 0.478 e. The molecular weight excluding hydrogens is 340 g/mol. The van der Waals surface area contributed by atoms with E-state index in [2.05, 4.69) is 30.3 Å². The van der Waals surface area contributed by atoms with Gasteiger partial charge in [-0.2, -0.15) is 0 Å². The SMILES string of the molecule is CCCCc1nc2c(N)nc3cc(C=CC(=O)O)ccc3c2n1CC(C)C. The van der Waals surface area contributed by atoms with E-state index in [0.29, 0.717) is 11.7 Å². The summed E-state index contributed by atoms with van der Waals surface area (Å²) in [5.74, 6) is 0.965. The predicted molar refractivity (Wildman–Crippen MR) is 110 cm³/mol. The molecule has 6 nitrogen and oxygen atoms in total. The number of unbranched alkanes of at least 4 members (excludes halogenated alkanes) is 1. The Balaban J connectivity index is 2.24. The summed E-state index contributed by atoms with van der Waals surface area (Å²) in [7, 11) is 0. The van der Waals surface area contributed by atoms with Gasteiger partial charge < -0.3 is 15.4 Å². The molecule has 0 aliphatic rings. The van der Waals surface area contributed by atoms with Crippen molar-refractivity contribution in [2.24, 2.45) is 5.92 Å². The molecule has 0 unspecified atom stereocenters. The Bertz CT molecular complexity index is 1020. The number of imidazole rings is 1. The summed E-state index contributed by atoms with van der Waals surface area (Å²) in [6.45, 7) is 7.43. The second-order valence-electron chi connectivity index (χ2n) is 7.28. The Hall–Kier alpha value is -2.89. The predicted octanol–water partition coefficient (Wildman–Crippen LogP) is 4.26. The second kappa shape index (κ2) is 7.78. The van der Waals surface area contributed by atoms with Crippen LogP contribution in [0.2, 0.25) is 0 Å². The maximum Gasteiger partial charge on any atom is 0.328 e. The highest BCUT2D eigenvalue weighted by molar-refractivity contribution is 6.07. The van der Waals surface area contributed by atoms with E-state index < -0.39 is 5.97 Å². The van der Waals surface area contributed by atoms with Crippen LogP contribution in [0.1, 0.15) is 45.0 Å². The van der Waals surface area contributed by atoms with Crippen molar-refractivity contribution in [3.05, 3.63) is 35.7 Å². The molecule has 0 fully saturated rings. The van der Waals surface area contributed by atoms with Crippen LogP contribution >= 0.6 is 0 Å². The van der Waals surface area contributed by atoms with Gasteiger partial charge in [0.1, 0.15) is 11.3 Å². The van der Waals surface area contributed by atoms with Gasteiger partial charge in [-0.05, 0) is 30.0 Å². The Morgan fingerprint density at radius 3 is 2.78 bits per heavy atom. The van der Waals surface area contributed by atoms with Gasteiger partial charge in [0, 0.05) is 24.4 Å². The average Bonchev–Trinajstić information content (AvgIpc) is 2.96. The van der Waals surface area contributed by atoms with Crippen LogP contribution in [0.5, 0.6) is 0 Å². The molecule has 0 amide bonds. The Kier molecular flexibility index (Phi) is 5.44. The molecule has 6 heteroatoms. The van der Waals surface area contributed by atoms with Gasteiger partial charge in [-0.25, -0.2) is 14.8 Å². The normalized spacial score (nSPS) is 12.0. The van der Waals surface area contributed by atoms with E-state index in [9.17, 15) is 4.79 Å². The van der Waals surface area contributed by atoms with Crippen molar-refractivity contribution in [1.29, 1.82) is 0 Å². The van der Waals surface area contributed by atoms with Crippen LogP contribution in [0.3, 0.4) is 0 Å². The van der Waals surface area contributed by atoms with E-state index in [1.54, 1.807) is 6.08 Å². The zero-order valence-electron chi connectivity index (χ0n) is 16.1. The minimum Gasteiger partial charge on any atom is -0.478 e. The van der Waals surface area contributed by atoms with Gasteiger partial charge in [0.2, 0.25) is 0 Å². The molecule has 27 heavy (non-hydrogen) atoms. The van der Waals surface area contributed by atoms with E-state index >= 15 is 0 Å². The number of nitrogens with two attached hydrogens (primary N) is 1. The summed E-state index contributed by atoms with van der Waals surface area (Å²) >= 11 is 0. The Morgan fingerprint density at radius 2 is 2.11 bits per heavy atom. The lowest BCUT2D eigenvalue weighted by Crippen LogP contribution is -2.09. The molecule has 3 rings (SSSR count). The lowest BCUT2D eigenvalue weighted by molar-refractivity contribution is -0.131. The number of carbonyl (C=O) groups is 1. The van der Waals surface area contributed by atoms with Crippen LogP contribution in [0.25, 0.3) is 28.0 Å². The van der Waals surface area contributed by atoms with E-state index in [4.69, 9.17) is 15.8 Å². The molecule has 0 atom stereocenters. The summed E-state index contributed by atoms with van der Waals surface area (Å²) in [6.07, 6.45) is 5.78. The molecule has 0 saturated carbocycles. The first-order valence-corrected chi connectivity index (χ1v) is 9.40. The summed E-state index contributed by atoms with van der Waals surface area (Å²) < 4.78 is 2.28. The summed E-state index contributed by atoms with van der Waals surface area (Å²) in [5, 5.41) is 9.82. The van der Waals surface area contributed by atoms with E-state index in [-0.39, 0.29) is 0 Å². The summed E-state index contributed by atoms with van der Waals surface area (Å²) in [5.41, 5.74) is 9.53. The number of aliphatic carboxylic acids is 1. The van der Waals surface area contributed by atoms with Crippen molar-refractivity contribution in [1.82, 2.24) is 14.5 Å². The fourth-order valence-electron chi connectivity index (χ4n) is 3.33. The third-order valence-corrected chi connectivity index (χ3v) is 4.53. The molecule has 0 spiro atoms. The van der Waals surface area contributed by atoms with Crippen molar-refractivity contribution in [2.45, 2.75) is 46.6 Å². The number of anilines is 1. The molecular formula is C21H26N4O2. The molecule has 0 aliphatic heterocycles. The van der Waals surface area contributed by atoms with E-state index in [1.807, 2.05) is 18.2 Å². The van der Waals surface area contributed by atoms with Gasteiger partial charge in [0.05, 0.1) is 11.0 Å². The van der Waals surface area contributed by atoms with E-state index in [1.165, 1.54) is 0 Å². The number of nitrogens with zero attached hydrogens (tertiary/aromatic N) is 3. The lowest BCUT2D eigenvalue weighted by Gasteiger charge is -2.13. The molecule has 1 aromatic carbocycles. The smallest absolute Gasteiger partial charge is 0.328 e. The van der Waals surface area contributed by atoms with Gasteiger partial charge in [0.25, 0.3) is 0 Å². The van der Waals surface area contributed by atoms with Gasteiger partial charge in [-0.3, -0.25) is 0 Å². The van der Waals surface area contributed by atoms with Crippen molar-refractivity contribution in [2.75, 3.05) is 5.73 Å².